The lowest BCUT2D eigenvalue weighted by Crippen LogP contribution is -2.50. The molecular formula is C30H39Cl2N3O6S. The summed E-state index contributed by atoms with van der Waals surface area (Å²) >= 11 is 12.6. The van der Waals surface area contributed by atoms with E-state index in [1.54, 1.807) is 18.2 Å². The van der Waals surface area contributed by atoms with Gasteiger partial charge in [-0.15, -0.1) is 4.41 Å². The Morgan fingerprint density at radius 2 is 1.74 bits per heavy atom. The monoisotopic (exact) mass is 639 g/mol. The molecule has 1 unspecified atom stereocenters. The summed E-state index contributed by atoms with van der Waals surface area (Å²) in [6.45, 7) is 4.11. The molecule has 0 spiro atoms. The van der Waals surface area contributed by atoms with Crippen LogP contribution in [0.2, 0.25) is 10.0 Å². The van der Waals surface area contributed by atoms with Gasteiger partial charge in [-0.2, -0.15) is 0 Å². The first-order chi connectivity index (χ1) is 20.0. The number of nitrogens with one attached hydrogen (secondary N) is 2. The Balaban J connectivity index is 1.87. The molecule has 1 aliphatic heterocycles. The zero-order valence-electron chi connectivity index (χ0n) is 24.1. The minimum absolute atomic E-state index is 0.0152. The van der Waals surface area contributed by atoms with Gasteiger partial charge in [0.25, 0.3) is 0 Å². The van der Waals surface area contributed by atoms with Crippen LogP contribution in [0.15, 0.2) is 54.6 Å². The topological polar surface area (TPSA) is 114 Å². The highest BCUT2D eigenvalue weighted by atomic mass is 35.5. The maximum absolute atomic E-state index is 13.8. The van der Waals surface area contributed by atoms with E-state index in [-0.39, 0.29) is 28.9 Å². The van der Waals surface area contributed by atoms with E-state index < -0.39 is 40.0 Å². The number of hydrogen-bond acceptors (Lipinski definition) is 6. The molecule has 3 atom stereocenters. The van der Waals surface area contributed by atoms with Gasteiger partial charge in [-0.1, -0.05) is 85.6 Å². The van der Waals surface area contributed by atoms with Gasteiger partial charge >= 0.3 is 0 Å². The van der Waals surface area contributed by atoms with Gasteiger partial charge in [0.05, 0.1) is 24.6 Å². The van der Waals surface area contributed by atoms with Crippen molar-refractivity contribution in [3.8, 4) is 0 Å². The van der Waals surface area contributed by atoms with Crippen LogP contribution < -0.4 is 10.9 Å². The second-order valence-corrected chi connectivity index (χ2v) is 13.4. The lowest BCUT2D eigenvalue weighted by atomic mass is 9.82. The van der Waals surface area contributed by atoms with Gasteiger partial charge in [-0.25, -0.2) is 18.7 Å². The van der Waals surface area contributed by atoms with Crippen LogP contribution in [-0.2, 0) is 35.7 Å². The molecule has 0 saturated carbocycles. The van der Waals surface area contributed by atoms with Crippen molar-refractivity contribution in [1.29, 1.82) is 0 Å². The Kier molecular flexibility index (Phi) is 13.3. The largest absolute Gasteiger partial charge is 0.350 e. The molecule has 9 nitrogen and oxygen atoms in total. The number of amides is 2. The van der Waals surface area contributed by atoms with Gasteiger partial charge < -0.3 is 4.74 Å². The molecule has 12 heteroatoms. The molecule has 2 amide bonds. The predicted octanol–water partition coefficient (Wildman–Crippen LogP) is 5.74. The smallest absolute Gasteiger partial charge is 0.247 e. The number of carbonyl (C=O) groups excluding carboxylic acids is 2. The molecule has 3 rings (SSSR count). The summed E-state index contributed by atoms with van der Waals surface area (Å²) in [5, 5.41) is 0.518. The van der Waals surface area contributed by atoms with Gasteiger partial charge in [0.2, 0.25) is 21.8 Å². The number of rotatable bonds is 14. The fourth-order valence-corrected chi connectivity index (χ4v) is 5.74. The van der Waals surface area contributed by atoms with E-state index in [9.17, 15) is 18.0 Å². The molecule has 230 valence electrons. The molecule has 2 aromatic carbocycles. The van der Waals surface area contributed by atoms with Crippen molar-refractivity contribution in [1.82, 2.24) is 15.3 Å². The van der Waals surface area contributed by atoms with E-state index in [1.165, 1.54) is 0 Å². The number of allylic oxidation sites excluding steroid dienone is 1. The summed E-state index contributed by atoms with van der Waals surface area (Å²) in [6.07, 6.45) is 7.10. The lowest BCUT2D eigenvalue weighted by Gasteiger charge is -2.30. The van der Waals surface area contributed by atoms with Crippen LogP contribution in [0, 0.1) is 17.8 Å². The van der Waals surface area contributed by atoms with Crippen molar-refractivity contribution >= 4 is 51.1 Å². The fourth-order valence-electron chi connectivity index (χ4n) is 4.61. The maximum atomic E-state index is 13.8. The van der Waals surface area contributed by atoms with E-state index in [0.29, 0.717) is 25.0 Å². The molecule has 0 bridgehead atoms. The minimum atomic E-state index is -3.95. The Hall–Kier alpha value is -2.47. The average molecular weight is 641 g/mol. The molecule has 1 fully saturated rings. The van der Waals surface area contributed by atoms with Crippen LogP contribution in [0.25, 0.3) is 6.08 Å². The molecule has 2 N–H and O–H groups in total. The first kappa shape index (κ1) is 34.0. The first-order valence-electron chi connectivity index (χ1n) is 14.0. The van der Waals surface area contributed by atoms with E-state index in [4.69, 9.17) is 32.8 Å². The first-order valence-corrected chi connectivity index (χ1v) is 16.6. The molecule has 1 heterocycles. The highest BCUT2D eigenvalue weighted by Crippen LogP contribution is 2.28. The summed E-state index contributed by atoms with van der Waals surface area (Å²) < 4.78 is 31.9. The van der Waals surface area contributed by atoms with Crippen LogP contribution in [0.5, 0.6) is 0 Å². The number of hydroxylamine groups is 1. The number of benzene rings is 2. The lowest BCUT2D eigenvalue weighted by molar-refractivity contribution is -0.203. The minimum Gasteiger partial charge on any atom is -0.350 e. The van der Waals surface area contributed by atoms with E-state index in [0.717, 1.165) is 29.1 Å². The summed E-state index contributed by atoms with van der Waals surface area (Å²) in [7, 11) is -3.95. The van der Waals surface area contributed by atoms with E-state index in [1.807, 2.05) is 56.3 Å². The second kappa shape index (κ2) is 16.4. The van der Waals surface area contributed by atoms with Crippen molar-refractivity contribution in [3.63, 3.8) is 0 Å². The summed E-state index contributed by atoms with van der Waals surface area (Å²) in [5.74, 6) is -2.88. The average Bonchev–Trinajstić information content (AvgIpc) is 2.95. The van der Waals surface area contributed by atoms with Crippen molar-refractivity contribution in [2.75, 3.05) is 12.9 Å². The number of halogens is 2. The molecule has 2 aromatic rings. The number of sulfonamides is 1. The Labute approximate surface area is 258 Å². The normalized spacial score (nSPS) is 17.4. The van der Waals surface area contributed by atoms with Gasteiger partial charge in [0, 0.05) is 28.6 Å². The van der Waals surface area contributed by atoms with Gasteiger partial charge in [-0.05, 0) is 49.3 Å². The van der Waals surface area contributed by atoms with Crippen LogP contribution in [0.3, 0.4) is 0 Å². The Bertz CT molecular complexity index is 1300. The SMILES string of the molecule is CC(C)C[C@@H](C(=O)NN(Cc1c(Cl)cccc1Cl)S(C)(=O)=O)[C@H](C/C=C/c1ccccc1)C(=O)NOC1CCCCO1. The van der Waals surface area contributed by atoms with Gasteiger partial charge in [-0.3, -0.25) is 15.0 Å². The molecule has 1 aliphatic rings. The van der Waals surface area contributed by atoms with Crippen LogP contribution in [-0.4, -0.2) is 43.8 Å². The number of carbonyl (C=O) groups is 2. The maximum Gasteiger partial charge on any atom is 0.247 e. The Morgan fingerprint density at radius 3 is 2.33 bits per heavy atom. The number of ether oxygens (including phenoxy) is 1. The molecule has 0 aliphatic carbocycles. The third-order valence-electron chi connectivity index (χ3n) is 6.81. The Morgan fingerprint density at radius 1 is 1.05 bits per heavy atom. The summed E-state index contributed by atoms with van der Waals surface area (Å²) in [4.78, 5) is 32.9. The molecular weight excluding hydrogens is 601 g/mol. The molecule has 0 radical (unpaired) electrons. The standard InChI is InChI=1S/C30H39Cl2N3O6S/c1-21(2)19-24(29(36)33-35(42(3,38)39)20-25-26(31)15-10-16-27(25)32)23(14-9-13-22-11-5-4-6-12-22)30(37)34-41-28-17-7-8-18-40-28/h4-6,9-13,15-16,21,23-24,28H,7-8,14,17-20H2,1-3H3,(H,33,36)(H,34,37)/b13-9+/t23-,24+,28?/m0/s1. The highest BCUT2D eigenvalue weighted by Gasteiger charge is 2.36. The van der Waals surface area contributed by atoms with Crippen molar-refractivity contribution in [3.05, 3.63) is 75.8 Å². The third-order valence-corrected chi connectivity index (χ3v) is 8.54. The molecule has 42 heavy (non-hydrogen) atoms. The number of nitrogens with zero attached hydrogens (tertiary/aromatic N) is 1. The zero-order chi connectivity index (χ0) is 30.7. The number of hydrogen-bond donors (Lipinski definition) is 2. The summed E-state index contributed by atoms with van der Waals surface area (Å²) in [6, 6.07) is 14.4. The van der Waals surface area contributed by atoms with E-state index in [2.05, 4.69) is 10.9 Å². The zero-order valence-corrected chi connectivity index (χ0v) is 26.4. The van der Waals surface area contributed by atoms with Gasteiger partial charge in [0.15, 0.2) is 6.29 Å². The van der Waals surface area contributed by atoms with Gasteiger partial charge in [0.1, 0.15) is 0 Å². The van der Waals surface area contributed by atoms with Crippen molar-refractivity contribution in [2.24, 2.45) is 17.8 Å². The molecule has 0 aromatic heterocycles. The second-order valence-electron chi connectivity index (χ2n) is 10.7. The van der Waals surface area contributed by atoms with Crippen LogP contribution in [0.1, 0.15) is 57.1 Å². The predicted molar refractivity (Wildman–Crippen MR) is 164 cm³/mol. The quantitative estimate of drug-likeness (QED) is 0.255. The highest BCUT2D eigenvalue weighted by molar-refractivity contribution is 7.88. The van der Waals surface area contributed by atoms with Crippen molar-refractivity contribution < 1.29 is 27.6 Å². The summed E-state index contributed by atoms with van der Waals surface area (Å²) in [5.41, 5.74) is 6.32. The van der Waals surface area contributed by atoms with Crippen LogP contribution >= 0.6 is 23.2 Å². The van der Waals surface area contributed by atoms with Crippen molar-refractivity contribution in [2.45, 2.75) is 58.8 Å². The third kappa shape index (κ3) is 10.7. The van der Waals surface area contributed by atoms with E-state index >= 15 is 0 Å². The number of hydrazine groups is 1. The van der Waals surface area contributed by atoms with Crippen LogP contribution in [0.4, 0.5) is 0 Å². The molecule has 1 saturated heterocycles. The fraction of sp³-hybridized carbons (Fsp3) is 0.467.